The van der Waals surface area contributed by atoms with Crippen LogP contribution in [0.2, 0.25) is 0 Å². The molecule has 1 fully saturated rings. The Balaban J connectivity index is 1.66. The summed E-state index contributed by atoms with van der Waals surface area (Å²) in [6.45, 7) is 3.33. The number of hydrogen-bond acceptors (Lipinski definition) is 4. The van der Waals surface area contributed by atoms with Gasteiger partial charge >= 0.3 is 6.03 Å². The van der Waals surface area contributed by atoms with E-state index in [-0.39, 0.29) is 30.1 Å². The van der Waals surface area contributed by atoms with Gasteiger partial charge in [0.2, 0.25) is 0 Å². The highest BCUT2D eigenvalue weighted by Crippen LogP contribution is 2.11. The van der Waals surface area contributed by atoms with Gasteiger partial charge in [-0.1, -0.05) is 30.3 Å². The summed E-state index contributed by atoms with van der Waals surface area (Å²) in [6.07, 6.45) is 0. The van der Waals surface area contributed by atoms with Gasteiger partial charge in [-0.2, -0.15) is 0 Å². The molecule has 22 heavy (non-hydrogen) atoms. The molecule has 1 saturated heterocycles. The predicted molar refractivity (Wildman–Crippen MR) is 84.3 cm³/mol. The van der Waals surface area contributed by atoms with E-state index in [1.54, 1.807) is 11.8 Å². The van der Waals surface area contributed by atoms with Crippen molar-refractivity contribution in [2.75, 3.05) is 31.2 Å². The van der Waals surface area contributed by atoms with Crippen molar-refractivity contribution >= 4 is 15.9 Å². The molecule has 0 bridgehead atoms. The fourth-order valence-corrected chi connectivity index (χ4v) is 3.95. The number of hydrogen-bond donors (Lipinski definition) is 1. The Morgan fingerprint density at radius 3 is 2.77 bits per heavy atom. The third-order valence-corrected chi connectivity index (χ3v) is 5.36. The average molecular weight is 326 g/mol. The minimum Gasteiger partial charge on any atom is -0.375 e. The lowest BCUT2D eigenvalue weighted by Gasteiger charge is -2.33. The van der Waals surface area contributed by atoms with Gasteiger partial charge in [-0.15, -0.1) is 0 Å². The molecule has 7 heteroatoms. The summed E-state index contributed by atoms with van der Waals surface area (Å²) in [5.41, 5.74) is 1.09. The molecule has 1 N–H and O–H groups in total. The predicted octanol–water partition coefficient (Wildman–Crippen LogP) is 1.03. The first-order chi connectivity index (χ1) is 10.5. The maximum atomic E-state index is 12.0. The smallest absolute Gasteiger partial charge is 0.317 e. The number of ether oxygens (including phenoxy) is 1. The van der Waals surface area contributed by atoms with Crippen LogP contribution in [0.25, 0.3) is 0 Å². The van der Waals surface area contributed by atoms with Crippen LogP contribution in [0.5, 0.6) is 0 Å². The summed E-state index contributed by atoms with van der Waals surface area (Å²) < 4.78 is 28.5. The summed E-state index contributed by atoms with van der Waals surface area (Å²) >= 11 is 0. The maximum absolute atomic E-state index is 12.0. The SMILES string of the molecule is CC1CS(=O)(=O)CCN1C(=O)NCCOCc1ccccc1. The van der Waals surface area contributed by atoms with Gasteiger partial charge in [-0.3, -0.25) is 0 Å². The van der Waals surface area contributed by atoms with Crippen LogP contribution in [0.3, 0.4) is 0 Å². The Morgan fingerprint density at radius 2 is 2.09 bits per heavy atom. The second-order valence-corrected chi connectivity index (χ2v) is 7.66. The van der Waals surface area contributed by atoms with Crippen LogP contribution < -0.4 is 5.32 Å². The lowest BCUT2D eigenvalue weighted by Crippen LogP contribution is -2.53. The second-order valence-electron chi connectivity index (χ2n) is 5.43. The first kappa shape index (κ1) is 16.8. The van der Waals surface area contributed by atoms with E-state index < -0.39 is 9.84 Å². The van der Waals surface area contributed by atoms with E-state index in [9.17, 15) is 13.2 Å². The van der Waals surface area contributed by atoms with E-state index >= 15 is 0 Å². The first-order valence-electron chi connectivity index (χ1n) is 7.34. The summed E-state index contributed by atoms with van der Waals surface area (Å²) in [4.78, 5) is 13.6. The number of amides is 2. The molecular formula is C15H22N2O4S. The molecule has 1 aliphatic heterocycles. The lowest BCUT2D eigenvalue weighted by molar-refractivity contribution is 0.120. The Kier molecular flexibility index (Phi) is 5.79. The molecule has 1 atom stereocenters. The third-order valence-electron chi connectivity index (χ3n) is 3.57. The zero-order valence-corrected chi connectivity index (χ0v) is 13.5. The summed E-state index contributed by atoms with van der Waals surface area (Å²) in [5, 5.41) is 2.76. The van der Waals surface area contributed by atoms with Gasteiger partial charge in [-0.05, 0) is 12.5 Å². The van der Waals surface area contributed by atoms with Crippen molar-refractivity contribution in [1.29, 1.82) is 0 Å². The molecule has 0 aliphatic carbocycles. The molecule has 1 unspecified atom stereocenters. The number of carbonyl (C=O) groups is 1. The van der Waals surface area contributed by atoms with Crippen molar-refractivity contribution in [3.05, 3.63) is 35.9 Å². The molecule has 2 amide bonds. The molecule has 0 radical (unpaired) electrons. The van der Waals surface area contributed by atoms with Gasteiger partial charge in [0.15, 0.2) is 9.84 Å². The van der Waals surface area contributed by atoms with Gasteiger partial charge in [-0.25, -0.2) is 13.2 Å². The summed E-state index contributed by atoms with van der Waals surface area (Å²) in [7, 11) is -3.00. The van der Waals surface area contributed by atoms with E-state index in [4.69, 9.17) is 4.74 Å². The Labute approximate surface area is 131 Å². The molecule has 6 nitrogen and oxygen atoms in total. The Bertz CT molecular complexity index is 589. The molecule has 1 aromatic rings. The van der Waals surface area contributed by atoms with Crippen molar-refractivity contribution in [2.45, 2.75) is 19.6 Å². The number of nitrogens with one attached hydrogen (secondary N) is 1. The maximum Gasteiger partial charge on any atom is 0.317 e. The van der Waals surface area contributed by atoms with Crippen LogP contribution in [-0.2, 0) is 21.2 Å². The van der Waals surface area contributed by atoms with Gasteiger partial charge in [0.25, 0.3) is 0 Å². The van der Waals surface area contributed by atoms with Crippen molar-refractivity contribution < 1.29 is 17.9 Å². The van der Waals surface area contributed by atoms with Gasteiger partial charge in [0, 0.05) is 19.1 Å². The molecule has 122 valence electrons. The molecule has 1 heterocycles. The van der Waals surface area contributed by atoms with Gasteiger partial charge < -0.3 is 15.0 Å². The van der Waals surface area contributed by atoms with Crippen molar-refractivity contribution in [3.8, 4) is 0 Å². The minimum atomic E-state index is -3.00. The van der Waals surface area contributed by atoms with E-state index in [1.165, 1.54) is 0 Å². The van der Waals surface area contributed by atoms with E-state index in [2.05, 4.69) is 5.32 Å². The van der Waals surface area contributed by atoms with E-state index in [0.29, 0.717) is 19.8 Å². The molecular weight excluding hydrogens is 304 g/mol. The standard InChI is InChI=1S/C15H22N2O4S/c1-13-12-22(19,20)10-8-17(13)15(18)16-7-9-21-11-14-5-3-2-4-6-14/h2-6,13H,7-12H2,1H3,(H,16,18). The van der Waals surface area contributed by atoms with Crippen molar-refractivity contribution in [2.24, 2.45) is 0 Å². The fraction of sp³-hybridized carbons (Fsp3) is 0.533. The summed E-state index contributed by atoms with van der Waals surface area (Å²) in [6, 6.07) is 9.29. The molecule has 0 aromatic heterocycles. The number of rotatable bonds is 5. The fourth-order valence-electron chi connectivity index (χ4n) is 2.40. The molecule has 1 aromatic carbocycles. The van der Waals surface area contributed by atoms with Crippen molar-refractivity contribution in [3.63, 3.8) is 0 Å². The van der Waals surface area contributed by atoms with Crippen LogP contribution >= 0.6 is 0 Å². The molecule has 2 rings (SSSR count). The van der Waals surface area contributed by atoms with Crippen molar-refractivity contribution in [1.82, 2.24) is 10.2 Å². The highest BCUT2D eigenvalue weighted by atomic mass is 32.2. The number of nitrogens with zero attached hydrogens (tertiary/aromatic N) is 1. The van der Waals surface area contributed by atoms with Crippen LogP contribution in [0.4, 0.5) is 4.79 Å². The largest absolute Gasteiger partial charge is 0.375 e. The topological polar surface area (TPSA) is 75.7 Å². The number of carbonyl (C=O) groups excluding carboxylic acids is 1. The number of sulfone groups is 1. The highest BCUT2D eigenvalue weighted by molar-refractivity contribution is 7.91. The Hall–Kier alpha value is -1.60. The molecule has 1 aliphatic rings. The van der Waals surface area contributed by atoms with Gasteiger partial charge in [0.05, 0.1) is 24.7 Å². The minimum absolute atomic E-state index is 0.0327. The van der Waals surface area contributed by atoms with Crippen LogP contribution in [0.15, 0.2) is 30.3 Å². The number of urea groups is 1. The summed E-state index contributed by atoms with van der Waals surface area (Å²) in [5.74, 6) is 0.0696. The second kappa shape index (κ2) is 7.60. The zero-order chi connectivity index (χ0) is 16.0. The third kappa shape index (κ3) is 4.99. The normalized spacial score (nSPS) is 20.6. The monoisotopic (exact) mass is 326 g/mol. The quantitative estimate of drug-likeness (QED) is 0.820. The van der Waals surface area contributed by atoms with E-state index in [1.807, 2.05) is 30.3 Å². The van der Waals surface area contributed by atoms with E-state index in [0.717, 1.165) is 5.56 Å². The highest BCUT2D eigenvalue weighted by Gasteiger charge is 2.30. The van der Waals surface area contributed by atoms with Crippen LogP contribution in [0.1, 0.15) is 12.5 Å². The van der Waals surface area contributed by atoms with Gasteiger partial charge in [0.1, 0.15) is 0 Å². The average Bonchev–Trinajstić information content (AvgIpc) is 2.47. The number of benzene rings is 1. The molecule has 0 saturated carbocycles. The molecule has 0 spiro atoms. The van der Waals surface area contributed by atoms with Crippen LogP contribution in [-0.4, -0.2) is 56.6 Å². The lowest BCUT2D eigenvalue weighted by atomic mass is 10.2. The zero-order valence-electron chi connectivity index (χ0n) is 12.7. The first-order valence-corrected chi connectivity index (χ1v) is 9.16. The van der Waals surface area contributed by atoms with Crippen LogP contribution in [0, 0.1) is 0 Å². The Morgan fingerprint density at radius 1 is 1.36 bits per heavy atom.